The molecular formula is C20H29N10O13PS. The number of nitrogens with two attached hydrogens (primary N) is 2. The fourth-order valence-electron chi connectivity index (χ4n) is 4.48. The van der Waals surface area contributed by atoms with Crippen LogP contribution in [0.25, 0.3) is 22.3 Å². The van der Waals surface area contributed by atoms with Gasteiger partial charge in [-0.15, -0.1) is 0 Å². The zero-order valence-electron chi connectivity index (χ0n) is 22.5. The number of nitrogen functional groups attached to an aromatic ring is 2. The standard InChI is InChI=1S/2C10H13N5O5.H3O3PS/c2*11-10-13-7-4(8(19)14-10)12-2-15(7)9-6(18)5(17)3(1-16)20-9;1-4(2,3)5/h2*2-3,5-6,9,16-18H,1H2,(H3,11,13,14,19);(H3,1,2,3,5)/t2*3-,5-,6-,9-;/m11./s1. The van der Waals surface area contributed by atoms with Crippen LogP contribution in [0.4, 0.5) is 11.9 Å². The van der Waals surface area contributed by atoms with E-state index in [0.717, 1.165) is 0 Å². The van der Waals surface area contributed by atoms with Gasteiger partial charge in [0.2, 0.25) is 11.9 Å². The van der Waals surface area contributed by atoms with E-state index in [4.69, 9.17) is 45.8 Å². The number of aromatic amines is 2. The third-order valence-electron chi connectivity index (χ3n) is 6.48. The van der Waals surface area contributed by atoms with Crippen molar-refractivity contribution < 1.29 is 54.8 Å². The Bertz CT molecular complexity index is 1680. The van der Waals surface area contributed by atoms with E-state index < -0.39 is 80.1 Å². The Morgan fingerprint density at radius 1 is 0.756 bits per heavy atom. The summed E-state index contributed by atoms with van der Waals surface area (Å²) >= 11 is 3.60. The van der Waals surface area contributed by atoms with Crippen LogP contribution in [-0.4, -0.2) is 134 Å². The Morgan fingerprint density at radius 2 is 1.09 bits per heavy atom. The highest BCUT2D eigenvalue weighted by Gasteiger charge is 2.45. The maximum absolute atomic E-state index is 11.7. The van der Waals surface area contributed by atoms with E-state index in [0.29, 0.717) is 0 Å². The smallest absolute Gasteiger partial charge is 0.319 e. The molecule has 0 radical (unpaired) electrons. The molecule has 2 aliphatic rings. The van der Waals surface area contributed by atoms with Gasteiger partial charge in [0.1, 0.15) is 36.6 Å². The van der Waals surface area contributed by atoms with E-state index in [2.05, 4.69) is 41.7 Å². The lowest BCUT2D eigenvalue weighted by atomic mass is 10.1. The lowest BCUT2D eigenvalue weighted by Crippen LogP contribution is -2.33. The van der Waals surface area contributed by atoms with Gasteiger partial charge in [-0.1, -0.05) is 0 Å². The first-order valence-corrected chi connectivity index (χ1v) is 15.2. The Balaban J connectivity index is 0.000000179. The number of H-pyrrole nitrogens is 2. The summed E-state index contributed by atoms with van der Waals surface area (Å²) in [6.07, 6.45) is -6.43. The normalized spacial score (nSPS) is 28.1. The fourth-order valence-corrected chi connectivity index (χ4v) is 4.48. The van der Waals surface area contributed by atoms with Gasteiger partial charge < -0.3 is 66.3 Å². The summed E-state index contributed by atoms with van der Waals surface area (Å²) in [5.41, 5.74) is 10.2. The highest BCUT2D eigenvalue weighted by Crippen LogP contribution is 2.32. The lowest BCUT2D eigenvalue weighted by molar-refractivity contribution is -0.0511. The van der Waals surface area contributed by atoms with E-state index in [1.165, 1.54) is 21.8 Å². The minimum absolute atomic E-state index is 0.0388. The number of nitrogens with zero attached hydrogens (tertiary/aromatic N) is 6. The third kappa shape index (κ3) is 7.33. The first-order valence-electron chi connectivity index (χ1n) is 12.5. The molecule has 0 spiro atoms. The van der Waals surface area contributed by atoms with Crippen molar-refractivity contribution in [3.63, 3.8) is 0 Å². The molecule has 2 aliphatic heterocycles. The third-order valence-corrected chi connectivity index (χ3v) is 6.48. The quantitative estimate of drug-likeness (QED) is 0.0891. The van der Waals surface area contributed by atoms with Crippen LogP contribution in [0, 0.1) is 0 Å². The Hall–Kier alpha value is -3.49. The highest BCUT2D eigenvalue weighted by atomic mass is 32.5. The summed E-state index contributed by atoms with van der Waals surface area (Å²) in [6, 6.07) is 0. The average Bonchev–Trinajstić information content (AvgIpc) is 3.69. The van der Waals surface area contributed by atoms with Crippen LogP contribution in [-0.2, 0) is 21.3 Å². The maximum Gasteiger partial charge on any atom is 0.319 e. The van der Waals surface area contributed by atoms with E-state index >= 15 is 0 Å². The van der Waals surface area contributed by atoms with E-state index in [1.807, 2.05) is 0 Å². The van der Waals surface area contributed by atoms with Gasteiger partial charge in [0, 0.05) is 0 Å². The van der Waals surface area contributed by atoms with Crippen LogP contribution < -0.4 is 22.6 Å². The number of anilines is 2. The van der Waals surface area contributed by atoms with Crippen LogP contribution in [0.1, 0.15) is 12.5 Å². The molecule has 6 heterocycles. The average molecular weight is 681 g/mol. The van der Waals surface area contributed by atoms with Crippen LogP contribution in [0.3, 0.4) is 0 Å². The minimum atomic E-state index is -3.81. The number of aromatic nitrogens is 8. The summed E-state index contributed by atoms with van der Waals surface area (Å²) in [4.78, 5) is 66.2. The van der Waals surface area contributed by atoms with Gasteiger partial charge in [0.15, 0.2) is 34.8 Å². The van der Waals surface area contributed by atoms with Crippen molar-refractivity contribution in [2.24, 2.45) is 0 Å². The maximum atomic E-state index is 11.7. The molecule has 45 heavy (non-hydrogen) atoms. The Morgan fingerprint density at radius 3 is 1.38 bits per heavy atom. The zero-order chi connectivity index (χ0) is 33.4. The van der Waals surface area contributed by atoms with Gasteiger partial charge in [0.05, 0.1) is 25.9 Å². The summed E-state index contributed by atoms with van der Waals surface area (Å²) in [5, 5.41) is 57.5. The number of fused-ring (bicyclic) bond motifs is 2. The second-order valence-electron chi connectivity index (χ2n) is 9.52. The van der Waals surface area contributed by atoms with Gasteiger partial charge in [-0.2, -0.15) is 9.97 Å². The van der Waals surface area contributed by atoms with Crippen molar-refractivity contribution in [1.82, 2.24) is 39.0 Å². The van der Waals surface area contributed by atoms with Crippen molar-refractivity contribution in [2.75, 3.05) is 24.7 Å². The molecule has 6 rings (SSSR count). The molecule has 0 unspecified atom stereocenters. The molecule has 0 amide bonds. The second-order valence-corrected chi connectivity index (χ2v) is 12.0. The number of aliphatic hydroxyl groups is 6. The van der Waals surface area contributed by atoms with Crippen molar-refractivity contribution in [3.05, 3.63) is 33.4 Å². The first-order chi connectivity index (χ1) is 21.0. The first kappa shape index (κ1) is 34.4. The molecule has 4 aromatic rings. The van der Waals surface area contributed by atoms with Crippen molar-refractivity contribution in [3.8, 4) is 0 Å². The van der Waals surface area contributed by atoms with E-state index in [9.17, 15) is 30.0 Å². The molecular weight excluding hydrogens is 651 g/mol. The second kappa shape index (κ2) is 13.5. The van der Waals surface area contributed by atoms with Crippen molar-refractivity contribution in [2.45, 2.75) is 49.1 Å². The number of hydrogen-bond acceptors (Lipinski definition) is 17. The van der Waals surface area contributed by atoms with E-state index in [1.54, 1.807) is 0 Å². The van der Waals surface area contributed by atoms with Crippen LogP contribution >= 0.6 is 6.72 Å². The molecule has 4 aromatic heterocycles. The number of rotatable bonds is 4. The predicted molar refractivity (Wildman–Crippen MR) is 152 cm³/mol. The van der Waals surface area contributed by atoms with Crippen LogP contribution in [0.15, 0.2) is 22.2 Å². The largest absolute Gasteiger partial charge is 0.394 e. The van der Waals surface area contributed by atoms with Gasteiger partial charge >= 0.3 is 6.72 Å². The number of nitrogens with one attached hydrogen (secondary N) is 2. The molecule has 248 valence electrons. The number of imidazole rings is 2. The minimum Gasteiger partial charge on any atom is -0.394 e. The topological polar surface area (TPSA) is 380 Å². The predicted octanol–water partition coefficient (Wildman–Crippen LogP) is -6.19. The summed E-state index contributed by atoms with van der Waals surface area (Å²) in [7, 11) is 0. The van der Waals surface area contributed by atoms with Crippen molar-refractivity contribution >= 4 is 52.7 Å². The zero-order valence-corrected chi connectivity index (χ0v) is 24.2. The molecule has 0 saturated carbocycles. The monoisotopic (exact) mass is 680 g/mol. The molecule has 0 bridgehead atoms. The lowest BCUT2D eigenvalue weighted by Gasteiger charge is -2.16. The van der Waals surface area contributed by atoms with Crippen molar-refractivity contribution in [1.29, 1.82) is 0 Å². The SMILES string of the molecule is Nc1nc2c(ncn2[C@@H]2O[C@H](CO)[C@@H](O)[C@H]2O)c(=O)[nH]1.Nc1nc2c(ncn2[C@@H]2O[C@H](CO)[C@@H](O)[C@H]2O)c(=O)[nH]1.OP(O)(O)=S. The Kier molecular flexibility index (Phi) is 10.3. The van der Waals surface area contributed by atoms with Gasteiger partial charge in [-0.05, 0) is 11.8 Å². The summed E-state index contributed by atoms with van der Waals surface area (Å²) in [5.74, 6) is -0.202. The van der Waals surface area contributed by atoms with Gasteiger partial charge in [-0.3, -0.25) is 28.7 Å². The van der Waals surface area contributed by atoms with Crippen LogP contribution in [0.2, 0.25) is 0 Å². The Labute approximate surface area is 253 Å². The van der Waals surface area contributed by atoms with E-state index in [-0.39, 0.29) is 34.2 Å². The van der Waals surface area contributed by atoms with Gasteiger partial charge in [0.25, 0.3) is 11.1 Å². The summed E-state index contributed by atoms with van der Waals surface area (Å²) in [6.45, 7) is -4.70. The molecule has 15 N–H and O–H groups in total. The number of hydrogen-bond donors (Lipinski definition) is 13. The molecule has 23 nitrogen and oxygen atoms in total. The number of aliphatic hydroxyl groups excluding tert-OH is 6. The number of ether oxygens (including phenoxy) is 2. The molecule has 0 aliphatic carbocycles. The fraction of sp³-hybridized carbons (Fsp3) is 0.500. The highest BCUT2D eigenvalue weighted by molar-refractivity contribution is 8.06. The van der Waals surface area contributed by atoms with Gasteiger partial charge in [-0.25, -0.2) is 9.97 Å². The molecule has 2 saturated heterocycles. The molecule has 0 aromatic carbocycles. The molecule has 25 heteroatoms. The molecule has 2 fully saturated rings. The summed E-state index contributed by atoms with van der Waals surface area (Å²) < 4.78 is 13.3. The molecule has 8 atom stereocenters. The van der Waals surface area contributed by atoms with Crippen LogP contribution in [0.5, 0.6) is 0 Å².